The van der Waals surface area contributed by atoms with Crippen molar-refractivity contribution in [3.8, 4) is 0 Å². The highest BCUT2D eigenvalue weighted by Gasteiger charge is 2.37. The number of hydrogen-bond acceptors (Lipinski definition) is 3. The van der Waals surface area contributed by atoms with Gasteiger partial charge in [-0.1, -0.05) is 30.9 Å². The minimum absolute atomic E-state index is 0.166. The van der Waals surface area contributed by atoms with Crippen molar-refractivity contribution in [2.24, 2.45) is 5.92 Å². The number of carbonyl (C=O) groups excluding carboxylic acids is 3. The number of allylic oxidation sites excluding steroid dienone is 3. The van der Waals surface area contributed by atoms with Crippen LogP contribution in [0.25, 0.3) is 0 Å². The van der Waals surface area contributed by atoms with Gasteiger partial charge in [0.2, 0.25) is 0 Å². The molecule has 0 unspecified atom stereocenters. The quantitative estimate of drug-likeness (QED) is 0.629. The molecule has 1 saturated carbocycles. The van der Waals surface area contributed by atoms with Gasteiger partial charge < -0.3 is 0 Å². The molecule has 0 spiro atoms. The van der Waals surface area contributed by atoms with E-state index in [4.69, 9.17) is 0 Å². The van der Waals surface area contributed by atoms with Crippen LogP contribution in [0, 0.1) is 5.92 Å². The highest BCUT2D eigenvalue weighted by atomic mass is 16.2. The zero-order chi connectivity index (χ0) is 16.4. The van der Waals surface area contributed by atoms with Crippen molar-refractivity contribution in [3.63, 3.8) is 0 Å². The second-order valence-corrected chi connectivity index (χ2v) is 6.62. The summed E-state index contributed by atoms with van der Waals surface area (Å²) in [7, 11) is 0. The lowest BCUT2D eigenvalue weighted by molar-refractivity contribution is -0.130. The lowest BCUT2D eigenvalue weighted by atomic mass is 9.78. The molecule has 23 heavy (non-hydrogen) atoms. The molecular formula is C18H24N2O3. The van der Waals surface area contributed by atoms with Crippen LogP contribution in [0.3, 0.4) is 0 Å². The summed E-state index contributed by atoms with van der Waals surface area (Å²) in [4.78, 5) is 37.5. The number of hydrogen-bond donors (Lipinski definition) is 1. The average Bonchev–Trinajstić information content (AvgIpc) is 2.56. The first kappa shape index (κ1) is 16.0. The topological polar surface area (TPSA) is 66.5 Å². The number of imide groups is 2. The van der Waals surface area contributed by atoms with Gasteiger partial charge >= 0.3 is 6.03 Å². The Balaban J connectivity index is 1.93. The fourth-order valence-electron chi connectivity index (χ4n) is 3.97. The van der Waals surface area contributed by atoms with E-state index in [1.165, 1.54) is 37.7 Å². The van der Waals surface area contributed by atoms with Crippen LogP contribution in [0.2, 0.25) is 0 Å². The third-order valence-corrected chi connectivity index (χ3v) is 5.19. The first-order valence-electron chi connectivity index (χ1n) is 8.72. The van der Waals surface area contributed by atoms with E-state index in [9.17, 15) is 14.4 Å². The third-order valence-electron chi connectivity index (χ3n) is 5.19. The molecule has 5 nitrogen and oxygen atoms in total. The van der Waals surface area contributed by atoms with Gasteiger partial charge in [-0.15, -0.1) is 0 Å². The first-order valence-corrected chi connectivity index (χ1v) is 8.72. The fourth-order valence-corrected chi connectivity index (χ4v) is 3.97. The number of urea groups is 1. The van der Waals surface area contributed by atoms with Gasteiger partial charge in [-0.05, 0) is 50.5 Å². The van der Waals surface area contributed by atoms with Gasteiger partial charge in [-0.25, -0.2) is 4.79 Å². The molecule has 1 N–H and O–H groups in total. The zero-order valence-electron chi connectivity index (χ0n) is 13.7. The second-order valence-electron chi connectivity index (χ2n) is 6.62. The van der Waals surface area contributed by atoms with Gasteiger partial charge in [-0.2, -0.15) is 0 Å². The molecule has 1 aliphatic heterocycles. The summed E-state index contributed by atoms with van der Waals surface area (Å²) in [6.07, 6.45) is 11.1. The molecule has 0 atom stereocenters. The van der Waals surface area contributed by atoms with E-state index in [0.717, 1.165) is 29.7 Å². The Bertz CT molecular complexity index is 597. The first-order chi connectivity index (χ1) is 11.1. The number of nitrogens with zero attached hydrogens (tertiary/aromatic N) is 1. The molecule has 0 bridgehead atoms. The van der Waals surface area contributed by atoms with E-state index in [-0.39, 0.29) is 12.1 Å². The molecule has 0 aromatic carbocycles. The second kappa shape index (κ2) is 6.69. The van der Waals surface area contributed by atoms with Crippen LogP contribution in [-0.2, 0) is 9.59 Å². The highest BCUT2D eigenvalue weighted by Crippen LogP contribution is 2.37. The smallest absolute Gasteiger partial charge is 0.273 e. The molecule has 0 aromatic rings. The van der Waals surface area contributed by atoms with Crippen molar-refractivity contribution in [2.75, 3.05) is 6.54 Å². The predicted octanol–water partition coefficient (Wildman–Crippen LogP) is 3.07. The van der Waals surface area contributed by atoms with Gasteiger partial charge in [0.25, 0.3) is 11.8 Å². The molecule has 124 valence electrons. The maximum Gasteiger partial charge on any atom is 0.331 e. The lowest BCUT2D eigenvalue weighted by Crippen LogP contribution is -2.54. The van der Waals surface area contributed by atoms with Crippen molar-refractivity contribution < 1.29 is 14.4 Å². The minimum atomic E-state index is -0.612. The standard InChI is InChI=1S/C18H24N2O3/c1-2-20-17(22)15(16(21)19-18(20)23)14-10-6-9-13(11-14)12-7-4-3-5-8-12/h11-12H,2-10H2,1H3,(H,19,21,23)/b15-14+. The number of amides is 4. The summed E-state index contributed by atoms with van der Waals surface area (Å²) in [5.41, 5.74) is 2.36. The molecule has 3 aliphatic rings. The van der Waals surface area contributed by atoms with Crippen molar-refractivity contribution in [3.05, 3.63) is 22.8 Å². The zero-order valence-corrected chi connectivity index (χ0v) is 13.7. The molecule has 2 fully saturated rings. The number of rotatable bonds is 2. The van der Waals surface area contributed by atoms with Gasteiger partial charge in [0.1, 0.15) is 5.57 Å². The van der Waals surface area contributed by atoms with E-state index in [2.05, 4.69) is 11.4 Å². The van der Waals surface area contributed by atoms with E-state index in [1.54, 1.807) is 6.92 Å². The Kier molecular flexibility index (Phi) is 4.64. The Morgan fingerprint density at radius 2 is 1.83 bits per heavy atom. The Hall–Kier alpha value is -1.91. The Morgan fingerprint density at radius 3 is 2.52 bits per heavy atom. The molecule has 1 heterocycles. The third kappa shape index (κ3) is 3.09. The number of likely N-dealkylation sites (N-methyl/N-ethyl adjacent to an activating group) is 1. The van der Waals surface area contributed by atoms with Crippen LogP contribution in [0.4, 0.5) is 4.79 Å². The number of nitrogens with one attached hydrogen (secondary N) is 1. The maximum absolute atomic E-state index is 12.5. The van der Waals surface area contributed by atoms with Gasteiger partial charge in [0, 0.05) is 6.54 Å². The van der Waals surface area contributed by atoms with Crippen molar-refractivity contribution in [1.29, 1.82) is 0 Å². The van der Waals surface area contributed by atoms with Crippen LogP contribution in [0.5, 0.6) is 0 Å². The maximum atomic E-state index is 12.5. The molecule has 0 aromatic heterocycles. The average molecular weight is 316 g/mol. The fraction of sp³-hybridized carbons (Fsp3) is 0.611. The molecular weight excluding hydrogens is 292 g/mol. The molecule has 4 amide bonds. The Labute approximate surface area is 136 Å². The van der Waals surface area contributed by atoms with Crippen LogP contribution in [-0.4, -0.2) is 29.3 Å². The number of barbiturate groups is 1. The largest absolute Gasteiger partial charge is 0.331 e. The van der Waals surface area contributed by atoms with Crippen LogP contribution >= 0.6 is 0 Å². The summed E-state index contributed by atoms with van der Waals surface area (Å²) < 4.78 is 0. The Morgan fingerprint density at radius 1 is 1.09 bits per heavy atom. The van der Waals surface area contributed by atoms with Crippen molar-refractivity contribution >= 4 is 17.8 Å². The highest BCUT2D eigenvalue weighted by molar-refractivity contribution is 6.29. The lowest BCUT2D eigenvalue weighted by Gasteiger charge is -2.30. The normalized spacial score (nSPS) is 27.1. The molecule has 5 heteroatoms. The van der Waals surface area contributed by atoms with Gasteiger partial charge in [-0.3, -0.25) is 19.8 Å². The minimum Gasteiger partial charge on any atom is -0.273 e. The van der Waals surface area contributed by atoms with Gasteiger partial charge in [0.15, 0.2) is 0 Å². The van der Waals surface area contributed by atoms with E-state index in [1.807, 2.05) is 0 Å². The van der Waals surface area contributed by atoms with E-state index in [0.29, 0.717) is 5.92 Å². The summed E-state index contributed by atoms with van der Waals surface area (Å²) in [6, 6.07) is -0.612. The van der Waals surface area contributed by atoms with E-state index >= 15 is 0 Å². The van der Waals surface area contributed by atoms with Crippen LogP contribution in [0.15, 0.2) is 22.8 Å². The monoisotopic (exact) mass is 316 g/mol. The summed E-state index contributed by atoms with van der Waals surface area (Å²) in [6.45, 7) is 2.01. The van der Waals surface area contributed by atoms with Crippen LogP contribution in [0.1, 0.15) is 58.3 Å². The van der Waals surface area contributed by atoms with Crippen molar-refractivity contribution in [2.45, 2.75) is 58.3 Å². The molecule has 3 rings (SSSR count). The summed E-state index contributed by atoms with van der Waals surface area (Å²) in [5.74, 6) is -0.386. The van der Waals surface area contributed by atoms with E-state index < -0.39 is 17.8 Å². The number of carbonyl (C=O) groups is 3. The molecule has 1 saturated heterocycles. The summed E-state index contributed by atoms with van der Waals surface area (Å²) in [5, 5.41) is 2.29. The van der Waals surface area contributed by atoms with Gasteiger partial charge in [0.05, 0.1) is 0 Å². The van der Waals surface area contributed by atoms with Crippen molar-refractivity contribution in [1.82, 2.24) is 10.2 Å². The molecule has 0 radical (unpaired) electrons. The SMILES string of the molecule is CCN1C(=O)NC(=O)/C(=C2\C=C(C3CCCCC3)CCC2)C1=O. The van der Waals surface area contributed by atoms with Crippen LogP contribution < -0.4 is 5.32 Å². The molecule has 2 aliphatic carbocycles. The predicted molar refractivity (Wildman–Crippen MR) is 86.5 cm³/mol. The summed E-state index contributed by atoms with van der Waals surface area (Å²) >= 11 is 0.